The Labute approximate surface area is 82.8 Å². The van der Waals surface area contributed by atoms with E-state index in [2.05, 4.69) is 0 Å². The normalized spacial score (nSPS) is 9.79. The van der Waals surface area contributed by atoms with Gasteiger partial charge in [0.05, 0.1) is 0 Å². The lowest BCUT2D eigenvalue weighted by molar-refractivity contribution is -0.144. The molecule has 1 aromatic carbocycles. The van der Waals surface area contributed by atoms with Crippen molar-refractivity contribution in [2.75, 3.05) is 11.5 Å². The molecule has 0 aliphatic rings. The maximum absolute atomic E-state index is 10.9. The van der Waals surface area contributed by atoms with Gasteiger partial charge in [0.2, 0.25) is 0 Å². The molecule has 0 amide bonds. The summed E-state index contributed by atoms with van der Waals surface area (Å²) in [6.07, 6.45) is 0.363. The Morgan fingerprint density at radius 2 is 2.14 bits per heavy atom. The lowest BCUT2D eigenvalue weighted by atomic mass is 10.2. The van der Waals surface area contributed by atoms with E-state index in [4.69, 9.17) is 16.2 Å². The molecule has 0 spiro atoms. The summed E-state index contributed by atoms with van der Waals surface area (Å²) in [4.78, 5) is 10.9. The van der Waals surface area contributed by atoms with Crippen LogP contribution in [0.4, 0.5) is 11.4 Å². The van der Waals surface area contributed by atoms with Gasteiger partial charge in [-0.3, -0.25) is 4.79 Å². The smallest absolute Gasteiger partial charge is 0.305 e. The van der Waals surface area contributed by atoms with Crippen LogP contribution in [0.5, 0.6) is 0 Å². The summed E-state index contributed by atoms with van der Waals surface area (Å²) in [6, 6.07) is 5.11. The van der Waals surface area contributed by atoms with Crippen LogP contribution in [-0.4, -0.2) is 5.97 Å². The fourth-order valence-corrected chi connectivity index (χ4v) is 1.01. The number of carbonyl (C=O) groups excluding carboxylic acids is 1. The molecule has 0 heterocycles. The molecule has 0 saturated heterocycles. The van der Waals surface area contributed by atoms with Crippen LogP contribution in [0.2, 0.25) is 0 Å². The van der Waals surface area contributed by atoms with Gasteiger partial charge in [-0.25, -0.2) is 0 Å². The predicted molar refractivity (Wildman–Crippen MR) is 55.4 cm³/mol. The van der Waals surface area contributed by atoms with Crippen molar-refractivity contribution in [3.05, 3.63) is 23.8 Å². The van der Waals surface area contributed by atoms with E-state index < -0.39 is 0 Å². The zero-order chi connectivity index (χ0) is 10.6. The minimum absolute atomic E-state index is 0.184. The van der Waals surface area contributed by atoms with Crippen molar-refractivity contribution in [2.24, 2.45) is 0 Å². The first-order valence-corrected chi connectivity index (χ1v) is 4.43. The Morgan fingerprint density at radius 3 is 2.79 bits per heavy atom. The van der Waals surface area contributed by atoms with Gasteiger partial charge < -0.3 is 16.2 Å². The zero-order valence-electron chi connectivity index (χ0n) is 8.12. The Kier molecular flexibility index (Phi) is 3.34. The summed E-state index contributed by atoms with van der Waals surface area (Å²) < 4.78 is 4.94. The lowest BCUT2D eigenvalue weighted by Crippen LogP contribution is -2.05. The highest BCUT2D eigenvalue weighted by Crippen LogP contribution is 2.16. The summed E-state index contributed by atoms with van der Waals surface area (Å²) in [7, 11) is 0. The number of hydrogen-bond acceptors (Lipinski definition) is 4. The van der Waals surface area contributed by atoms with Crippen molar-refractivity contribution in [1.82, 2.24) is 0 Å². The highest BCUT2D eigenvalue weighted by molar-refractivity contribution is 5.69. The first kappa shape index (κ1) is 10.4. The fourth-order valence-electron chi connectivity index (χ4n) is 1.01. The van der Waals surface area contributed by atoms with Gasteiger partial charge in [0, 0.05) is 23.4 Å². The van der Waals surface area contributed by atoms with E-state index in [1.54, 1.807) is 25.1 Å². The fraction of sp³-hybridized carbons (Fsp3) is 0.300. The zero-order valence-corrected chi connectivity index (χ0v) is 8.12. The van der Waals surface area contributed by atoms with Gasteiger partial charge in [-0.15, -0.1) is 0 Å². The van der Waals surface area contributed by atoms with Crippen LogP contribution >= 0.6 is 0 Å². The Morgan fingerprint density at radius 1 is 1.43 bits per heavy atom. The molecule has 4 nitrogen and oxygen atoms in total. The van der Waals surface area contributed by atoms with E-state index in [1.807, 2.05) is 0 Å². The summed E-state index contributed by atoms with van der Waals surface area (Å²) in [5.41, 5.74) is 13.2. The number of nitrogen functional groups attached to an aromatic ring is 2. The van der Waals surface area contributed by atoms with Gasteiger partial charge >= 0.3 is 5.97 Å². The molecule has 1 rings (SSSR count). The highest BCUT2D eigenvalue weighted by atomic mass is 16.5. The number of benzene rings is 1. The second-order valence-electron chi connectivity index (χ2n) is 2.97. The van der Waals surface area contributed by atoms with Crippen molar-refractivity contribution >= 4 is 17.3 Å². The maximum Gasteiger partial charge on any atom is 0.305 e. The topological polar surface area (TPSA) is 78.3 Å². The van der Waals surface area contributed by atoms with Gasteiger partial charge in [-0.05, 0) is 18.2 Å². The second kappa shape index (κ2) is 4.50. The summed E-state index contributed by atoms with van der Waals surface area (Å²) >= 11 is 0. The molecule has 14 heavy (non-hydrogen) atoms. The number of nitrogens with two attached hydrogens (primary N) is 2. The first-order valence-electron chi connectivity index (χ1n) is 4.43. The SMILES string of the molecule is CCC(=O)OCc1cc(N)ccc1N. The molecule has 0 fully saturated rings. The molecule has 0 aliphatic carbocycles. The summed E-state index contributed by atoms with van der Waals surface area (Å²) in [5, 5.41) is 0. The minimum atomic E-state index is -0.244. The Hall–Kier alpha value is -1.71. The van der Waals surface area contributed by atoms with E-state index in [-0.39, 0.29) is 12.6 Å². The molecular weight excluding hydrogens is 180 g/mol. The van der Waals surface area contributed by atoms with Crippen LogP contribution in [0, 0.1) is 0 Å². The van der Waals surface area contributed by atoms with E-state index in [9.17, 15) is 4.79 Å². The van der Waals surface area contributed by atoms with Gasteiger partial charge in [0.15, 0.2) is 0 Å². The predicted octanol–water partition coefficient (Wildman–Crippen LogP) is 1.30. The molecule has 1 aromatic rings. The Bertz CT molecular complexity index is 337. The standard InChI is InChI=1S/C10H14N2O2/c1-2-10(13)14-6-7-5-8(11)3-4-9(7)12/h3-5H,2,6,11-12H2,1H3. The molecule has 76 valence electrons. The lowest BCUT2D eigenvalue weighted by Gasteiger charge is -2.07. The van der Waals surface area contributed by atoms with Gasteiger partial charge in [0.25, 0.3) is 0 Å². The quantitative estimate of drug-likeness (QED) is 0.561. The Balaban J connectivity index is 2.66. The van der Waals surface area contributed by atoms with Gasteiger partial charge in [0.1, 0.15) is 6.61 Å². The molecule has 0 aromatic heterocycles. The number of carbonyl (C=O) groups is 1. The van der Waals surface area contributed by atoms with Crippen LogP contribution in [0.25, 0.3) is 0 Å². The van der Waals surface area contributed by atoms with E-state index >= 15 is 0 Å². The van der Waals surface area contributed by atoms with Crippen LogP contribution in [0.3, 0.4) is 0 Å². The van der Waals surface area contributed by atoms with Crippen molar-refractivity contribution < 1.29 is 9.53 Å². The largest absolute Gasteiger partial charge is 0.461 e. The highest BCUT2D eigenvalue weighted by Gasteiger charge is 2.03. The summed E-state index contributed by atoms with van der Waals surface area (Å²) in [5.74, 6) is -0.244. The third-order valence-electron chi connectivity index (χ3n) is 1.84. The number of esters is 1. The third-order valence-corrected chi connectivity index (χ3v) is 1.84. The molecule has 0 bridgehead atoms. The first-order chi connectivity index (χ1) is 6.63. The van der Waals surface area contributed by atoms with Crippen molar-refractivity contribution in [2.45, 2.75) is 20.0 Å². The van der Waals surface area contributed by atoms with Gasteiger partial charge in [-0.1, -0.05) is 6.92 Å². The maximum atomic E-state index is 10.9. The number of rotatable bonds is 3. The van der Waals surface area contributed by atoms with E-state index in [0.717, 1.165) is 5.56 Å². The summed E-state index contributed by atoms with van der Waals surface area (Å²) in [6.45, 7) is 1.93. The van der Waals surface area contributed by atoms with Crippen molar-refractivity contribution in [3.63, 3.8) is 0 Å². The monoisotopic (exact) mass is 194 g/mol. The number of anilines is 2. The molecule has 0 atom stereocenters. The van der Waals surface area contributed by atoms with Crippen LogP contribution < -0.4 is 11.5 Å². The van der Waals surface area contributed by atoms with Crippen LogP contribution in [0.1, 0.15) is 18.9 Å². The average molecular weight is 194 g/mol. The number of hydrogen-bond donors (Lipinski definition) is 2. The molecule has 4 heteroatoms. The minimum Gasteiger partial charge on any atom is -0.461 e. The van der Waals surface area contributed by atoms with E-state index in [1.165, 1.54) is 0 Å². The third kappa shape index (κ3) is 2.65. The number of ether oxygens (including phenoxy) is 1. The molecule has 4 N–H and O–H groups in total. The van der Waals surface area contributed by atoms with E-state index in [0.29, 0.717) is 17.8 Å². The second-order valence-corrected chi connectivity index (χ2v) is 2.97. The molecular formula is C10H14N2O2. The molecule has 0 saturated carbocycles. The van der Waals surface area contributed by atoms with Crippen molar-refractivity contribution in [1.29, 1.82) is 0 Å². The average Bonchev–Trinajstić information content (AvgIpc) is 2.19. The van der Waals surface area contributed by atoms with Crippen LogP contribution in [0.15, 0.2) is 18.2 Å². The van der Waals surface area contributed by atoms with Crippen molar-refractivity contribution in [3.8, 4) is 0 Å². The molecule has 0 aliphatic heterocycles. The molecule has 0 unspecified atom stereocenters. The van der Waals surface area contributed by atoms with Crippen LogP contribution in [-0.2, 0) is 16.1 Å². The molecule has 0 radical (unpaired) electrons. The van der Waals surface area contributed by atoms with Gasteiger partial charge in [-0.2, -0.15) is 0 Å².